The molecule has 1 aliphatic carbocycles. The van der Waals surface area contributed by atoms with Crippen molar-refractivity contribution in [1.29, 1.82) is 0 Å². The Morgan fingerprint density at radius 2 is 2.26 bits per heavy atom. The van der Waals surface area contributed by atoms with Crippen molar-refractivity contribution in [2.45, 2.75) is 44.2 Å². The Balaban J connectivity index is 1.88. The first kappa shape index (κ1) is 14.6. The lowest BCUT2D eigenvalue weighted by Gasteiger charge is -2.36. The molecular formula is C15H25NO3. The molecule has 0 amide bonds. The van der Waals surface area contributed by atoms with Crippen LogP contribution in [0.25, 0.3) is 0 Å². The van der Waals surface area contributed by atoms with Crippen LogP contribution in [-0.4, -0.2) is 31.0 Å². The van der Waals surface area contributed by atoms with Crippen molar-refractivity contribution in [2.24, 2.45) is 5.92 Å². The summed E-state index contributed by atoms with van der Waals surface area (Å²) in [6, 6.07) is 3.81. The number of furan rings is 1. The summed E-state index contributed by atoms with van der Waals surface area (Å²) in [5, 5.41) is 13.9. The molecule has 0 unspecified atom stereocenters. The predicted octanol–water partition coefficient (Wildman–Crippen LogP) is 2.50. The van der Waals surface area contributed by atoms with Crippen molar-refractivity contribution in [3.8, 4) is 0 Å². The van der Waals surface area contributed by atoms with Gasteiger partial charge in [-0.2, -0.15) is 0 Å². The summed E-state index contributed by atoms with van der Waals surface area (Å²) in [7, 11) is 1.68. The molecule has 0 radical (unpaired) electrons. The third kappa shape index (κ3) is 4.06. The topological polar surface area (TPSA) is 54.6 Å². The zero-order chi connectivity index (χ0) is 13.7. The molecule has 1 aromatic heterocycles. The van der Waals surface area contributed by atoms with Gasteiger partial charge in [-0.05, 0) is 43.7 Å². The van der Waals surface area contributed by atoms with Gasteiger partial charge in [0.25, 0.3) is 0 Å². The van der Waals surface area contributed by atoms with Gasteiger partial charge in [0.1, 0.15) is 5.76 Å². The third-order valence-electron chi connectivity index (χ3n) is 4.10. The highest BCUT2D eigenvalue weighted by molar-refractivity contribution is 5.05. The molecule has 1 aliphatic rings. The third-order valence-corrected chi connectivity index (χ3v) is 4.10. The number of methoxy groups -OCH3 is 1. The van der Waals surface area contributed by atoms with Gasteiger partial charge in [0.05, 0.1) is 24.5 Å². The summed E-state index contributed by atoms with van der Waals surface area (Å²) >= 11 is 0. The molecule has 1 fully saturated rings. The van der Waals surface area contributed by atoms with Crippen LogP contribution in [0.2, 0.25) is 0 Å². The fourth-order valence-corrected chi connectivity index (χ4v) is 2.69. The second kappa shape index (κ2) is 6.55. The molecule has 1 atom stereocenters. The number of ether oxygens (including phenoxy) is 1. The summed E-state index contributed by atoms with van der Waals surface area (Å²) in [5.41, 5.74) is -0.578. The molecule has 4 heteroatoms. The molecule has 1 heterocycles. The van der Waals surface area contributed by atoms with Gasteiger partial charge >= 0.3 is 0 Å². The molecule has 108 valence electrons. The van der Waals surface area contributed by atoms with Crippen LogP contribution in [0.15, 0.2) is 22.8 Å². The molecular weight excluding hydrogens is 242 g/mol. The Morgan fingerprint density at radius 1 is 1.53 bits per heavy atom. The zero-order valence-corrected chi connectivity index (χ0v) is 11.9. The Hall–Kier alpha value is -0.840. The van der Waals surface area contributed by atoms with Crippen LogP contribution in [0.1, 0.15) is 44.4 Å². The maximum Gasteiger partial charge on any atom is 0.123 e. The van der Waals surface area contributed by atoms with Gasteiger partial charge in [0.15, 0.2) is 0 Å². The normalized spacial score (nSPS) is 29.3. The van der Waals surface area contributed by atoms with E-state index in [-0.39, 0.29) is 6.04 Å². The molecule has 1 saturated carbocycles. The summed E-state index contributed by atoms with van der Waals surface area (Å²) in [6.45, 7) is 3.39. The van der Waals surface area contributed by atoms with E-state index in [1.165, 1.54) is 0 Å². The number of hydrogen-bond donors (Lipinski definition) is 2. The predicted molar refractivity (Wildman–Crippen MR) is 73.9 cm³/mol. The molecule has 19 heavy (non-hydrogen) atoms. The van der Waals surface area contributed by atoms with Gasteiger partial charge in [-0.15, -0.1) is 0 Å². The van der Waals surface area contributed by atoms with Crippen LogP contribution in [0.5, 0.6) is 0 Å². The fourth-order valence-electron chi connectivity index (χ4n) is 2.69. The molecule has 2 rings (SSSR count). The number of rotatable bonds is 6. The van der Waals surface area contributed by atoms with E-state index in [0.717, 1.165) is 37.4 Å². The molecule has 1 aromatic rings. The van der Waals surface area contributed by atoms with E-state index in [2.05, 4.69) is 12.2 Å². The summed E-state index contributed by atoms with van der Waals surface area (Å²) in [4.78, 5) is 0. The van der Waals surface area contributed by atoms with Crippen LogP contribution < -0.4 is 5.32 Å². The fraction of sp³-hybridized carbons (Fsp3) is 0.733. The molecule has 0 aromatic carbocycles. The van der Waals surface area contributed by atoms with E-state index in [9.17, 15) is 5.11 Å². The minimum absolute atomic E-state index is 0.00312. The van der Waals surface area contributed by atoms with E-state index in [4.69, 9.17) is 9.15 Å². The average Bonchev–Trinajstić information content (AvgIpc) is 2.92. The molecule has 2 N–H and O–H groups in total. The first-order valence-electron chi connectivity index (χ1n) is 7.11. The maximum absolute atomic E-state index is 10.6. The Bertz CT molecular complexity index is 355. The van der Waals surface area contributed by atoms with Crippen LogP contribution in [0, 0.1) is 5.92 Å². The van der Waals surface area contributed by atoms with Gasteiger partial charge in [0, 0.05) is 13.7 Å². The SMILES string of the molecule is COC[C@H](NCC1(O)CCC(C)CC1)c1ccco1. The van der Waals surface area contributed by atoms with Crippen LogP contribution in [-0.2, 0) is 4.74 Å². The van der Waals surface area contributed by atoms with Crippen molar-refractivity contribution >= 4 is 0 Å². The van der Waals surface area contributed by atoms with Gasteiger partial charge in [-0.25, -0.2) is 0 Å². The van der Waals surface area contributed by atoms with E-state index in [1.54, 1.807) is 13.4 Å². The zero-order valence-electron chi connectivity index (χ0n) is 11.9. The maximum atomic E-state index is 10.6. The molecule has 0 saturated heterocycles. The number of nitrogens with one attached hydrogen (secondary N) is 1. The van der Waals surface area contributed by atoms with Crippen molar-refractivity contribution < 1.29 is 14.3 Å². The molecule has 0 spiro atoms. The van der Waals surface area contributed by atoms with Crippen LogP contribution in [0.4, 0.5) is 0 Å². The summed E-state index contributed by atoms with van der Waals surface area (Å²) in [5.74, 6) is 1.59. The Morgan fingerprint density at radius 3 is 2.84 bits per heavy atom. The number of aliphatic hydroxyl groups is 1. The minimum atomic E-state index is -0.578. The molecule has 0 aliphatic heterocycles. The van der Waals surface area contributed by atoms with Gasteiger partial charge < -0.3 is 19.6 Å². The van der Waals surface area contributed by atoms with E-state index in [1.807, 2.05) is 12.1 Å². The van der Waals surface area contributed by atoms with Crippen molar-refractivity contribution in [3.63, 3.8) is 0 Å². The minimum Gasteiger partial charge on any atom is -0.468 e. The quantitative estimate of drug-likeness (QED) is 0.831. The standard InChI is InChI=1S/C15H25NO3/c1-12-5-7-15(17,8-6-12)11-16-13(10-18-2)14-4-3-9-19-14/h3-4,9,12-13,16-17H,5-8,10-11H2,1-2H3/t12?,13-,15?/m0/s1. The van der Waals surface area contributed by atoms with Crippen molar-refractivity contribution in [2.75, 3.05) is 20.3 Å². The highest BCUT2D eigenvalue weighted by atomic mass is 16.5. The second-order valence-corrected chi connectivity index (χ2v) is 5.81. The Labute approximate surface area is 115 Å². The molecule has 0 bridgehead atoms. The van der Waals surface area contributed by atoms with E-state index >= 15 is 0 Å². The first-order valence-corrected chi connectivity index (χ1v) is 7.11. The summed E-state index contributed by atoms with van der Waals surface area (Å²) in [6.07, 6.45) is 5.62. The average molecular weight is 267 g/mol. The highest BCUT2D eigenvalue weighted by Gasteiger charge is 2.32. The monoisotopic (exact) mass is 267 g/mol. The lowest BCUT2D eigenvalue weighted by molar-refractivity contribution is -0.0110. The lowest BCUT2D eigenvalue weighted by atomic mass is 9.79. The van der Waals surface area contributed by atoms with E-state index < -0.39 is 5.60 Å². The first-order chi connectivity index (χ1) is 9.13. The van der Waals surface area contributed by atoms with Gasteiger partial charge in [0.2, 0.25) is 0 Å². The second-order valence-electron chi connectivity index (χ2n) is 5.81. The van der Waals surface area contributed by atoms with Crippen molar-refractivity contribution in [3.05, 3.63) is 24.2 Å². The van der Waals surface area contributed by atoms with E-state index in [0.29, 0.717) is 13.2 Å². The lowest BCUT2D eigenvalue weighted by Crippen LogP contribution is -2.45. The van der Waals surface area contributed by atoms with Crippen molar-refractivity contribution in [1.82, 2.24) is 5.32 Å². The van der Waals surface area contributed by atoms with Crippen LogP contribution >= 0.6 is 0 Å². The Kier molecular flexibility index (Phi) is 5.02. The molecule has 4 nitrogen and oxygen atoms in total. The van der Waals surface area contributed by atoms with Crippen LogP contribution in [0.3, 0.4) is 0 Å². The largest absolute Gasteiger partial charge is 0.468 e. The highest BCUT2D eigenvalue weighted by Crippen LogP contribution is 2.31. The smallest absolute Gasteiger partial charge is 0.123 e. The summed E-state index contributed by atoms with van der Waals surface area (Å²) < 4.78 is 10.6. The van der Waals surface area contributed by atoms with Gasteiger partial charge in [-0.1, -0.05) is 6.92 Å². The number of hydrogen-bond acceptors (Lipinski definition) is 4. The van der Waals surface area contributed by atoms with Gasteiger partial charge in [-0.3, -0.25) is 0 Å².